The highest BCUT2D eigenvalue weighted by Crippen LogP contribution is 2.36. The van der Waals surface area contributed by atoms with Gasteiger partial charge >= 0.3 is 5.51 Å². The van der Waals surface area contributed by atoms with Crippen LogP contribution < -0.4 is 10.9 Å². The van der Waals surface area contributed by atoms with Gasteiger partial charge in [0.15, 0.2) is 0 Å². The zero-order chi connectivity index (χ0) is 17.7. The molecule has 0 heterocycles. The third-order valence-corrected chi connectivity index (χ3v) is 3.83. The fourth-order valence-corrected chi connectivity index (χ4v) is 2.47. The monoisotopic (exact) mass is 374 g/mol. The third kappa shape index (κ3) is 5.17. The Balaban J connectivity index is 1.95. The predicted molar refractivity (Wildman–Crippen MR) is 84.7 cm³/mol. The van der Waals surface area contributed by atoms with Crippen molar-refractivity contribution in [3.8, 4) is 0 Å². The maximum Gasteiger partial charge on any atom is 0.446 e. The normalized spacial score (nSPS) is 11.0. The number of carbonyl (C=O) groups excluding carboxylic acids is 2. The molecule has 24 heavy (non-hydrogen) atoms. The van der Waals surface area contributed by atoms with E-state index in [1.54, 1.807) is 12.1 Å². The molecule has 2 N–H and O–H groups in total. The number of hydrazine groups is 1. The van der Waals surface area contributed by atoms with Gasteiger partial charge in [0.1, 0.15) is 0 Å². The standard InChI is InChI=1S/C15H10ClF3N2O2S/c16-12-4-2-1-3-11(12)14(23)21-20-13(22)9-5-7-10(8-6-9)24-15(17,18)19/h1-8H,(H,20,22)(H,21,23). The van der Waals surface area contributed by atoms with Crippen molar-refractivity contribution in [2.24, 2.45) is 0 Å². The molecule has 0 aliphatic carbocycles. The summed E-state index contributed by atoms with van der Waals surface area (Å²) in [5.41, 5.74) is 0.228. The highest BCUT2D eigenvalue weighted by atomic mass is 35.5. The molecule has 2 rings (SSSR count). The number of nitrogens with one attached hydrogen (secondary N) is 2. The Morgan fingerprint density at radius 2 is 1.50 bits per heavy atom. The van der Waals surface area contributed by atoms with Gasteiger partial charge in [-0.15, -0.1) is 0 Å². The van der Waals surface area contributed by atoms with Crippen LogP contribution in [-0.4, -0.2) is 17.3 Å². The molecular formula is C15H10ClF3N2O2S. The van der Waals surface area contributed by atoms with Gasteiger partial charge in [0.25, 0.3) is 11.8 Å². The summed E-state index contributed by atoms with van der Waals surface area (Å²) in [4.78, 5) is 23.7. The lowest BCUT2D eigenvalue weighted by Crippen LogP contribution is -2.41. The quantitative estimate of drug-likeness (QED) is 0.630. The summed E-state index contributed by atoms with van der Waals surface area (Å²) in [6, 6.07) is 11.1. The first-order valence-electron chi connectivity index (χ1n) is 6.47. The summed E-state index contributed by atoms with van der Waals surface area (Å²) in [6.07, 6.45) is 0. The van der Waals surface area contributed by atoms with E-state index in [2.05, 4.69) is 10.9 Å². The van der Waals surface area contributed by atoms with Gasteiger partial charge in [-0.05, 0) is 48.2 Å². The molecule has 0 atom stereocenters. The first-order chi connectivity index (χ1) is 11.3. The minimum Gasteiger partial charge on any atom is -0.267 e. The van der Waals surface area contributed by atoms with Gasteiger partial charge in [-0.3, -0.25) is 20.4 Å². The number of hydrogen-bond donors (Lipinski definition) is 2. The van der Waals surface area contributed by atoms with Crippen molar-refractivity contribution < 1.29 is 22.8 Å². The van der Waals surface area contributed by atoms with E-state index >= 15 is 0 Å². The zero-order valence-electron chi connectivity index (χ0n) is 11.9. The molecule has 2 aromatic carbocycles. The van der Waals surface area contributed by atoms with E-state index < -0.39 is 17.3 Å². The van der Waals surface area contributed by atoms with Crippen LogP contribution in [0, 0.1) is 0 Å². The van der Waals surface area contributed by atoms with E-state index in [1.165, 1.54) is 36.4 Å². The summed E-state index contributed by atoms with van der Waals surface area (Å²) in [7, 11) is 0. The van der Waals surface area contributed by atoms with Crippen molar-refractivity contribution in [1.82, 2.24) is 10.9 Å². The second-order valence-corrected chi connectivity index (χ2v) is 6.01. The molecule has 0 bridgehead atoms. The number of amides is 2. The Labute approximate surface area is 144 Å². The molecule has 4 nitrogen and oxygen atoms in total. The van der Waals surface area contributed by atoms with Crippen molar-refractivity contribution in [3.05, 3.63) is 64.7 Å². The maximum absolute atomic E-state index is 12.2. The number of alkyl halides is 3. The molecule has 0 fully saturated rings. The molecule has 9 heteroatoms. The van der Waals surface area contributed by atoms with Gasteiger partial charge in [0.05, 0.1) is 10.6 Å². The van der Waals surface area contributed by atoms with E-state index in [1.807, 2.05) is 0 Å². The topological polar surface area (TPSA) is 58.2 Å². The molecule has 2 aromatic rings. The summed E-state index contributed by atoms with van der Waals surface area (Å²) < 4.78 is 36.7. The van der Waals surface area contributed by atoms with Crippen molar-refractivity contribution in [2.75, 3.05) is 0 Å². The van der Waals surface area contributed by atoms with Crippen molar-refractivity contribution >= 4 is 35.2 Å². The first-order valence-corrected chi connectivity index (χ1v) is 7.67. The van der Waals surface area contributed by atoms with Crippen LogP contribution in [0.5, 0.6) is 0 Å². The van der Waals surface area contributed by atoms with Crippen LogP contribution >= 0.6 is 23.4 Å². The van der Waals surface area contributed by atoms with Gasteiger partial charge in [0.2, 0.25) is 0 Å². The molecule has 126 valence electrons. The van der Waals surface area contributed by atoms with E-state index in [-0.39, 0.29) is 32.8 Å². The molecule has 0 radical (unpaired) electrons. The van der Waals surface area contributed by atoms with Gasteiger partial charge in [0, 0.05) is 10.5 Å². The number of hydrogen-bond acceptors (Lipinski definition) is 3. The fourth-order valence-electron chi connectivity index (χ4n) is 1.71. The first kappa shape index (κ1) is 18.2. The molecule has 0 saturated carbocycles. The van der Waals surface area contributed by atoms with Crippen molar-refractivity contribution in [2.45, 2.75) is 10.4 Å². The Bertz CT molecular complexity index is 751. The lowest BCUT2D eigenvalue weighted by molar-refractivity contribution is -0.0328. The molecule has 0 spiro atoms. The van der Waals surface area contributed by atoms with Crippen LogP contribution in [0.4, 0.5) is 13.2 Å². The summed E-state index contributed by atoms with van der Waals surface area (Å²) in [5.74, 6) is -1.28. The molecule has 2 amide bonds. The minimum absolute atomic E-state index is 0.0425. The van der Waals surface area contributed by atoms with Crippen LogP contribution in [0.3, 0.4) is 0 Å². The van der Waals surface area contributed by atoms with Crippen LogP contribution in [-0.2, 0) is 0 Å². The predicted octanol–water partition coefficient (Wildman–Crippen LogP) is 4.03. The van der Waals surface area contributed by atoms with Gasteiger partial charge in [-0.25, -0.2) is 0 Å². The van der Waals surface area contributed by atoms with Crippen LogP contribution in [0.1, 0.15) is 20.7 Å². The Morgan fingerprint density at radius 3 is 2.08 bits per heavy atom. The van der Waals surface area contributed by atoms with Crippen LogP contribution in [0.15, 0.2) is 53.4 Å². The number of halogens is 4. The van der Waals surface area contributed by atoms with Crippen molar-refractivity contribution in [1.29, 1.82) is 0 Å². The molecule has 0 unspecified atom stereocenters. The number of thioether (sulfide) groups is 1. The second kappa shape index (κ2) is 7.59. The lowest BCUT2D eigenvalue weighted by atomic mass is 10.2. The number of rotatable bonds is 3. The number of carbonyl (C=O) groups is 2. The van der Waals surface area contributed by atoms with Crippen molar-refractivity contribution in [3.63, 3.8) is 0 Å². The second-order valence-electron chi connectivity index (χ2n) is 4.46. The number of benzene rings is 2. The van der Waals surface area contributed by atoms with E-state index in [0.29, 0.717) is 0 Å². The average Bonchev–Trinajstić information content (AvgIpc) is 2.52. The largest absolute Gasteiger partial charge is 0.446 e. The molecule has 0 aliphatic rings. The average molecular weight is 375 g/mol. The lowest BCUT2D eigenvalue weighted by Gasteiger charge is -2.09. The molecular weight excluding hydrogens is 365 g/mol. The van der Waals surface area contributed by atoms with Crippen LogP contribution in [0.25, 0.3) is 0 Å². The molecule has 0 aliphatic heterocycles. The highest BCUT2D eigenvalue weighted by molar-refractivity contribution is 8.00. The fraction of sp³-hybridized carbons (Fsp3) is 0.0667. The summed E-state index contributed by atoms with van der Waals surface area (Å²) >= 11 is 5.58. The highest BCUT2D eigenvalue weighted by Gasteiger charge is 2.29. The van der Waals surface area contributed by atoms with Gasteiger partial charge in [-0.2, -0.15) is 13.2 Å². The Hall–Kier alpha value is -2.19. The van der Waals surface area contributed by atoms with E-state index in [9.17, 15) is 22.8 Å². The summed E-state index contributed by atoms with van der Waals surface area (Å²) in [6.45, 7) is 0. The van der Waals surface area contributed by atoms with Gasteiger partial charge < -0.3 is 0 Å². The van der Waals surface area contributed by atoms with Crippen LogP contribution in [0.2, 0.25) is 5.02 Å². The van der Waals surface area contributed by atoms with E-state index in [4.69, 9.17) is 11.6 Å². The molecule has 0 saturated heterocycles. The Kier molecular flexibility index (Phi) is 5.74. The van der Waals surface area contributed by atoms with E-state index in [0.717, 1.165) is 0 Å². The third-order valence-electron chi connectivity index (χ3n) is 2.76. The SMILES string of the molecule is O=C(NNC(=O)c1ccccc1Cl)c1ccc(SC(F)(F)F)cc1. The smallest absolute Gasteiger partial charge is 0.267 e. The summed E-state index contributed by atoms with van der Waals surface area (Å²) in [5, 5.41) is 0.220. The minimum atomic E-state index is -4.40. The Morgan fingerprint density at radius 1 is 0.917 bits per heavy atom. The zero-order valence-corrected chi connectivity index (χ0v) is 13.4. The maximum atomic E-state index is 12.2. The molecule has 0 aromatic heterocycles. The van der Waals surface area contributed by atoms with Gasteiger partial charge in [-0.1, -0.05) is 23.7 Å².